The highest BCUT2D eigenvalue weighted by Crippen LogP contribution is 2.26. The van der Waals surface area contributed by atoms with Crippen molar-refractivity contribution in [3.8, 4) is 0 Å². The van der Waals surface area contributed by atoms with E-state index in [2.05, 4.69) is 31.7 Å². The molecule has 0 aliphatic carbocycles. The highest BCUT2D eigenvalue weighted by molar-refractivity contribution is 7.99. The molecule has 0 heterocycles. The van der Waals surface area contributed by atoms with Crippen molar-refractivity contribution in [3.63, 3.8) is 0 Å². The molecule has 0 aromatic heterocycles. The van der Waals surface area contributed by atoms with Gasteiger partial charge in [0, 0.05) is 10.8 Å². The Morgan fingerprint density at radius 1 is 1.29 bits per heavy atom. The first-order valence-electron chi connectivity index (χ1n) is 4.71. The molecule has 0 aliphatic rings. The monoisotopic (exact) mass is 230 g/mol. The quantitative estimate of drug-likeness (QED) is 0.846. The molecule has 0 radical (unpaired) electrons. The average Bonchev–Trinajstić information content (AvgIpc) is 2.17. The molecule has 3 N–H and O–H groups in total. The Balaban J connectivity index is 2.50. The fraction of sp³-hybridized carbons (Fsp3) is 0.455. The molecule has 14 heavy (non-hydrogen) atoms. The maximum Gasteiger partial charge on any atom is 0.0883 e. The summed E-state index contributed by atoms with van der Waals surface area (Å²) in [5.74, 6) is 1.03. The number of benzene rings is 1. The highest BCUT2D eigenvalue weighted by Gasteiger charge is 2.17. The zero-order valence-electron chi connectivity index (χ0n) is 8.72. The second kappa shape index (κ2) is 5.06. The molecule has 0 atom stereocenters. The molecule has 0 aliphatic heterocycles. The average molecular weight is 231 g/mol. The molecule has 0 bridgehead atoms. The van der Waals surface area contributed by atoms with Crippen LogP contribution in [0.2, 0.25) is 5.02 Å². The maximum atomic E-state index is 5.81. The third-order valence-corrected chi connectivity index (χ3v) is 3.86. The van der Waals surface area contributed by atoms with E-state index >= 15 is 0 Å². The summed E-state index contributed by atoms with van der Waals surface area (Å²) in [5.41, 5.74) is 5.26. The van der Waals surface area contributed by atoms with Gasteiger partial charge in [-0.2, -0.15) is 0 Å². The van der Waals surface area contributed by atoms with E-state index in [4.69, 9.17) is 11.6 Å². The van der Waals surface area contributed by atoms with Gasteiger partial charge in [-0.25, -0.2) is 0 Å². The summed E-state index contributed by atoms with van der Waals surface area (Å²) in [4.78, 5) is 0. The minimum absolute atomic E-state index is 0.264. The molecule has 1 aromatic carbocycles. The van der Waals surface area contributed by atoms with Crippen molar-refractivity contribution < 1.29 is 5.73 Å². The van der Waals surface area contributed by atoms with Gasteiger partial charge in [0.05, 0.1) is 11.3 Å². The van der Waals surface area contributed by atoms with Crippen molar-refractivity contribution in [2.24, 2.45) is 0 Å². The molecular weight excluding hydrogens is 214 g/mol. The summed E-state index contributed by atoms with van der Waals surface area (Å²) in [7, 11) is 0. The summed E-state index contributed by atoms with van der Waals surface area (Å²) < 4.78 is 0.264. The molecule has 0 fully saturated rings. The van der Waals surface area contributed by atoms with Crippen LogP contribution < -0.4 is 5.73 Å². The summed E-state index contributed by atoms with van der Waals surface area (Å²) in [5, 5.41) is 0.801. The zero-order valence-corrected chi connectivity index (χ0v) is 10.3. The molecule has 78 valence electrons. The summed E-state index contributed by atoms with van der Waals surface area (Å²) in [6, 6.07) is 8.03. The van der Waals surface area contributed by atoms with Gasteiger partial charge in [0.15, 0.2) is 0 Å². The van der Waals surface area contributed by atoms with Crippen LogP contribution in [-0.4, -0.2) is 11.3 Å². The first-order chi connectivity index (χ1) is 6.53. The Hall–Kier alpha value is -0.180. The minimum Gasteiger partial charge on any atom is -0.356 e. The van der Waals surface area contributed by atoms with E-state index in [1.807, 2.05) is 23.9 Å². The van der Waals surface area contributed by atoms with Crippen molar-refractivity contribution >= 4 is 23.4 Å². The minimum atomic E-state index is 0.264. The Kier molecular flexibility index (Phi) is 4.30. The molecule has 0 amide bonds. The van der Waals surface area contributed by atoms with Crippen molar-refractivity contribution in [1.82, 2.24) is 0 Å². The zero-order chi connectivity index (χ0) is 10.6. The van der Waals surface area contributed by atoms with Gasteiger partial charge in [0.1, 0.15) is 0 Å². The Labute approximate surface area is 95.0 Å². The smallest absolute Gasteiger partial charge is 0.0883 e. The van der Waals surface area contributed by atoms with Crippen molar-refractivity contribution in [1.29, 1.82) is 0 Å². The Morgan fingerprint density at radius 3 is 2.36 bits per heavy atom. The lowest BCUT2D eigenvalue weighted by molar-refractivity contribution is -0.372. The van der Waals surface area contributed by atoms with E-state index in [-0.39, 0.29) is 4.75 Å². The van der Waals surface area contributed by atoms with Crippen LogP contribution in [0, 0.1) is 0 Å². The number of rotatable bonds is 4. The van der Waals surface area contributed by atoms with Crippen LogP contribution in [0.1, 0.15) is 19.4 Å². The van der Waals surface area contributed by atoms with E-state index in [0.29, 0.717) is 0 Å². The molecule has 0 saturated carbocycles. The number of thioether (sulfide) groups is 1. The van der Waals surface area contributed by atoms with Gasteiger partial charge in [-0.05, 0) is 31.5 Å². The van der Waals surface area contributed by atoms with E-state index in [1.165, 1.54) is 5.56 Å². The van der Waals surface area contributed by atoms with Crippen LogP contribution in [-0.2, 0) is 5.75 Å². The van der Waals surface area contributed by atoms with Gasteiger partial charge in [-0.3, -0.25) is 0 Å². The summed E-state index contributed by atoms with van der Waals surface area (Å²) in [6.07, 6.45) is 0. The second-order valence-electron chi connectivity index (χ2n) is 3.92. The van der Waals surface area contributed by atoms with E-state index in [9.17, 15) is 0 Å². The predicted octanol–water partition coefficient (Wildman–Crippen LogP) is 2.59. The fourth-order valence-electron chi connectivity index (χ4n) is 0.932. The van der Waals surface area contributed by atoms with Crippen LogP contribution in [0.15, 0.2) is 24.3 Å². The Bertz CT molecular complexity index is 282. The van der Waals surface area contributed by atoms with Gasteiger partial charge in [0.2, 0.25) is 0 Å². The van der Waals surface area contributed by atoms with Crippen LogP contribution in [0.25, 0.3) is 0 Å². The lowest BCUT2D eigenvalue weighted by atomic mass is 10.2. The first-order valence-corrected chi connectivity index (χ1v) is 6.07. The fourth-order valence-corrected chi connectivity index (χ4v) is 1.95. The van der Waals surface area contributed by atoms with Gasteiger partial charge >= 0.3 is 0 Å². The number of quaternary nitrogens is 1. The summed E-state index contributed by atoms with van der Waals surface area (Å²) >= 11 is 7.74. The molecule has 1 nitrogen and oxygen atoms in total. The topological polar surface area (TPSA) is 27.6 Å². The van der Waals surface area contributed by atoms with Crippen LogP contribution in [0.4, 0.5) is 0 Å². The lowest BCUT2D eigenvalue weighted by Crippen LogP contribution is -2.58. The molecule has 0 saturated heterocycles. The molecular formula is C11H17ClNS+. The Morgan fingerprint density at radius 2 is 1.86 bits per heavy atom. The molecule has 1 rings (SSSR count). The second-order valence-corrected chi connectivity index (χ2v) is 6.04. The number of hydrogen-bond donors (Lipinski definition) is 1. The normalized spacial score (nSPS) is 11.7. The summed E-state index contributed by atoms with van der Waals surface area (Å²) in [6.45, 7) is 5.40. The van der Waals surface area contributed by atoms with Crippen molar-refractivity contribution in [2.75, 3.05) is 6.54 Å². The maximum absolute atomic E-state index is 5.81. The van der Waals surface area contributed by atoms with Gasteiger partial charge < -0.3 is 5.73 Å². The highest BCUT2D eigenvalue weighted by atomic mass is 35.5. The van der Waals surface area contributed by atoms with E-state index < -0.39 is 0 Å². The molecule has 0 unspecified atom stereocenters. The third kappa shape index (κ3) is 3.91. The number of hydrogen-bond acceptors (Lipinski definition) is 1. The van der Waals surface area contributed by atoms with Gasteiger partial charge in [-0.15, -0.1) is 11.8 Å². The van der Waals surface area contributed by atoms with Crippen LogP contribution >= 0.6 is 23.4 Å². The predicted molar refractivity (Wildman–Crippen MR) is 64.6 cm³/mol. The van der Waals surface area contributed by atoms with Gasteiger partial charge in [-0.1, -0.05) is 23.7 Å². The number of halogens is 1. The van der Waals surface area contributed by atoms with Crippen molar-refractivity contribution in [2.45, 2.75) is 24.3 Å². The largest absolute Gasteiger partial charge is 0.356 e. The molecule has 1 aromatic rings. The standard InChI is InChI=1S/C11H16ClNS/c1-11(2,8-13)14-7-9-3-5-10(12)6-4-9/h3-6H,7-8,13H2,1-2H3/p+1. The van der Waals surface area contributed by atoms with Crippen LogP contribution in [0.5, 0.6) is 0 Å². The first kappa shape index (κ1) is 11.9. The van der Waals surface area contributed by atoms with Crippen molar-refractivity contribution in [3.05, 3.63) is 34.9 Å². The lowest BCUT2D eigenvalue weighted by Gasteiger charge is -2.19. The van der Waals surface area contributed by atoms with Gasteiger partial charge in [0.25, 0.3) is 0 Å². The van der Waals surface area contributed by atoms with Crippen LogP contribution in [0.3, 0.4) is 0 Å². The molecule has 0 spiro atoms. The third-order valence-electron chi connectivity index (χ3n) is 2.14. The molecule has 3 heteroatoms. The SMILES string of the molecule is CC(C)(C[NH3+])SCc1ccc(Cl)cc1. The van der Waals surface area contributed by atoms with E-state index in [1.54, 1.807) is 0 Å². The van der Waals surface area contributed by atoms with E-state index in [0.717, 1.165) is 17.3 Å².